The van der Waals surface area contributed by atoms with Crippen LogP contribution in [0, 0.1) is 0 Å². The van der Waals surface area contributed by atoms with Crippen molar-refractivity contribution in [1.82, 2.24) is 14.8 Å². The van der Waals surface area contributed by atoms with E-state index in [2.05, 4.69) is 31.4 Å². The molecule has 0 fully saturated rings. The zero-order valence-electron chi connectivity index (χ0n) is 16.6. The van der Waals surface area contributed by atoms with Crippen molar-refractivity contribution in [2.24, 2.45) is 0 Å². The summed E-state index contributed by atoms with van der Waals surface area (Å²) in [6, 6.07) is 19.3. The maximum absolute atomic E-state index is 12.5. The van der Waals surface area contributed by atoms with Crippen molar-refractivity contribution in [3.05, 3.63) is 70.5 Å². The molecule has 0 saturated carbocycles. The predicted molar refractivity (Wildman–Crippen MR) is 129 cm³/mol. The number of halogens is 1. The summed E-state index contributed by atoms with van der Waals surface area (Å²) < 4.78 is 8.44. The normalized spacial score (nSPS) is 10.8. The number of hydrogen-bond acceptors (Lipinski definition) is 6. The minimum Gasteiger partial charge on any atom is -0.494 e. The van der Waals surface area contributed by atoms with Crippen LogP contribution < -0.4 is 10.1 Å². The van der Waals surface area contributed by atoms with Gasteiger partial charge in [-0.15, -0.1) is 21.5 Å². The van der Waals surface area contributed by atoms with Crippen LogP contribution in [-0.2, 0) is 4.79 Å². The van der Waals surface area contributed by atoms with Crippen molar-refractivity contribution in [2.45, 2.75) is 12.1 Å². The van der Waals surface area contributed by atoms with Gasteiger partial charge in [-0.2, -0.15) is 0 Å². The molecule has 0 aliphatic rings. The Labute approximate surface area is 196 Å². The Kier molecular flexibility index (Phi) is 7.06. The summed E-state index contributed by atoms with van der Waals surface area (Å²) in [4.78, 5) is 13.5. The summed E-state index contributed by atoms with van der Waals surface area (Å²) in [5, 5.41) is 14.3. The molecule has 0 bridgehead atoms. The van der Waals surface area contributed by atoms with Crippen LogP contribution in [0.1, 0.15) is 6.92 Å². The maximum atomic E-state index is 12.5. The second kappa shape index (κ2) is 10.1. The zero-order valence-corrected chi connectivity index (χ0v) is 19.8. The lowest BCUT2D eigenvalue weighted by Gasteiger charge is -2.11. The van der Waals surface area contributed by atoms with E-state index in [9.17, 15) is 4.79 Å². The largest absolute Gasteiger partial charge is 0.494 e. The van der Waals surface area contributed by atoms with Crippen LogP contribution in [0.4, 0.5) is 5.69 Å². The van der Waals surface area contributed by atoms with Crippen molar-refractivity contribution >= 4 is 50.6 Å². The Hall–Kier alpha value is -2.62. The highest BCUT2D eigenvalue weighted by Gasteiger charge is 2.18. The number of nitrogens with one attached hydrogen (secondary N) is 1. The van der Waals surface area contributed by atoms with Gasteiger partial charge < -0.3 is 10.1 Å². The quantitative estimate of drug-likeness (QED) is 0.297. The van der Waals surface area contributed by atoms with Crippen LogP contribution >= 0.6 is 39.0 Å². The molecule has 2 aromatic carbocycles. The third-order valence-electron chi connectivity index (χ3n) is 4.22. The first-order valence-electron chi connectivity index (χ1n) is 9.55. The molecule has 158 valence electrons. The third-order valence-corrected chi connectivity index (χ3v) is 6.51. The fraction of sp³-hybridized carbons (Fsp3) is 0.136. The van der Waals surface area contributed by atoms with Gasteiger partial charge >= 0.3 is 0 Å². The Morgan fingerprint density at radius 1 is 1.16 bits per heavy atom. The molecule has 0 unspecified atom stereocenters. The van der Waals surface area contributed by atoms with E-state index >= 15 is 0 Å². The van der Waals surface area contributed by atoms with Crippen LogP contribution in [-0.4, -0.2) is 33.0 Å². The van der Waals surface area contributed by atoms with Gasteiger partial charge in [0.1, 0.15) is 5.75 Å². The highest BCUT2D eigenvalue weighted by atomic mass is 79.9. The number of benzene rings is 2. The molecule has 0 saturated heterocycles. The van der Waals surface area contributed by atoms with E-state index in [0.29, 0.717) is 11.8 Å². The Balaban J connectivity index is 1.56. The van der Waals surface area contributed by atoms with Gasteiger partial charge in [-0.25, -0.2) is 0 Å². The first-order valence-corrected chi connectivity index (χ1v) is 12.2. The van der Waals surface area contributed by atoms with E-state index in [-0.39, 0.29) is 11.7 Å². The molecule has 0 aliphatic carbocycles. The molecule has 0 spiro atoms. The minimum absolute atomic E-state index is 0.109. The molecule has 2 heterocycles. The summed E-state index contributed by atoms with van der Waals surface area (Å²) >= 11 is 6.35. The summed E-state index contributed by atoms with van der Waals surface area (Å²) in [5.74, 6) is 1.65. The lowest BCUT2D eigenvalue weighted by Crippen LogP contribution is -2.14. The maximum Gasteiger partial charge on any atom is 0.234 e. The molecule has 9 heteroatoms. The third kappa shape index (κ3) is 5.36. The number of carbonyl (C=O) groups is 1. The second-order valence-electron chi connectivity index (χ2n) is 6.39. The van der Waals surface area contributed by atoms with E-state index < -0.39 is 0 Å². The van der Waals surface area contributed by atoms with Gasteiger partial charge in [0.05, 0.1) is 22.9 Å². The Morgan fingerprint density at radius 2 is 2.00 bits per heavy atom. The number of carbonyl (C=O) groups excluding carboxylic acids is 1. The molecule has 1 N–H and O–H groups in total. The minimum atomic E-state index is -0.109. The van der Waals surface area contributed by atoms with E-state index in [0.717, 1.165) is 32.3 Å². The number of ether oxygens (including phenoxy) is 1. The number of amides is 1. The second-order valence-corrected chi connectivity index (χ2v) is 9.20. The number of rotatable bonds is 8. The van der Waals surface area contributed by atoms with Crippen LogP contribution in [0.3, 0.4) is 0 Å². The van der Waals surface area contributed by atoms with Gasteiger partial charge in [0.25, 0.3) is 0 Å². The Bertz CT molecular complexity index is 1160. The highest BCUT2D eigenvalue weighted by molar-refractivity contribution is 9.10. The van der Waals surface area contributed by atoms with E-state index in [1.54, 1.807) is 11.3 Å². The predicted octanol–water partition coefficient (Wildman–Crippen LogP) is 5.89. The van der Waals surface area contributed by atoms with Crippen molar-refractivity contribution in [2.75, 3.05) is 17.7 Å². The monoisotopic (exact) mass is 514 g/mol. The molecule has 1 amide bonds. The summed E-state index contributed by atoms with van der Waals surface area (Å²) in [6.45, 7) is 2.57. The van der Waals surface area contributed by atoms with E-state index in [1.807, 2.05) is 77.5 Å². The summed E-state index contributed by atoms with van der Waals surface area (Å²) in [6.07, 6.45) is 0. The average Bonchev–Trinajstić information content (AvgIpc) is 3.43. The summed E-state index contributed by atoms with van der Waals surface area (Å²) in [7, 11) is 0. The van der Waals surface area contributed by atoms with Gasteiger partial charge in [-0.1, -0.05) is 39.8 Å². The lowest BCUT2D eigenvalue weighted by molar-refractivity contribution is -0.113. The van der Waals surface area contributed by atoms with Gasteiger partial charge in [-0.3, -0.25) is 9.36 Å². The van der Waals surface area contributed by atoms with Gasteiger partial charge in [0.2, 0.25) is 5.91 Å². The first kappa shape index (κ1) is 21.6. The van der Waals surface area contributed by atoms with Crippen molar-refractivity contribution < 1.29 is 9.53 Å². The van der Waals surface area contributed by atoms with Crippen LogP contribution in [0.2, 0.25) is 0 Å². The van der Waals surface area contributed by atoms with Gasteiger partial charge in [-0.05, 0) is 60.8 Å². The lowest BCUT2D eigenvalue weighted by atomic mass is 10.3. The highest BCUT2D eigenvalue weighted by Crippen LogP contribution is 2.31. The van der Waals surface area contributed by atoms with Gasteiger partial charge in [0.15, 0.2) is 11.0 Å². The van der Waals surface area contributed by atoms with Gasteiger partial charge in [0, 0.05) is 10.2 Å². The van der Waals surface area contributed by atoms with Crippen molar-refractivity contribution in [3.63, 3.8) is 0 Å². The average molecular weight is 515 g/mol. The molecule has 4 rings (SSSR count). The van der Waals surface area contributed by atoms with E-state index in [1.165, 1.54) is 11.8 Å². The number of hydrogen-bond donors (Lipinski definition) is 1. The zero-order chi connectivity index (χ0) is 21.6. The van der Waals surface area contributed by atoms with Crippen LogP contribution in [0.15, 0.2) is 75.7 Å². The number of aromatic nitrogens is 3. The molecule has 0 radical (unpaired) electrons. The number of anilines is 1. The van der Waals surface area contributed by atoms with Crippen molar-refractivity contribution in [3.8, 4) is 22.1 Å². The fourth-order valence-corrected chi connectivity index (χ4v) is 4.76. The van der Waals surface area contributed by atoms with E-state index in [4.69, 9.17) is 4.74 Å². The molecule has 4 aromatic rings. The number of thiophene rings is 1. The summed E-state index contributed by atoms with van der Waals surface area (Å²) in [5.41, 5.74) is 1.65. The standard InChI is InChI=1S/C22H19BrN4O2S2/c1-2-29-18-10-8-17(9-11-18)27-21(19-7-4-12-30-19)25-26-22(27)31-14-20(28)24-16-6-3-5-15(23)13-16/h3-13H,2,14H2,1H3,(H,24,28). The number of thioether (sulfide) groups is 1. The molecule has 6 nitrogen and oxygen atoms in total. The molecule has 0 aliphatic heterocycles. The van der Waals surface area contributed by atoms with Crippen LogP contribution in [0.5, 0.6) is 5.75 Å². The molecule has 31 heavy (non-hydrogen) atoms. The SMILES string of the molecule is CCOc1ccc(-n2c(SCC(=O)Nc3cccc(Br)c3)nnc2-c2cccs2)cc1. The first-order chi connectivity index (χ1) is 15.1. The topological polar surface area (TPSA) is 69.0 Å². The fourth-order valence-electron chi connectivity index (χ4n) is 2.91. The molecule has 0 atom stereocenters. The van der Waals surface area contributed by atoms with Crippen LogP contribution in [0.25, 0.3) is 16.4 Å². The molecular formula is C22H19BrN4O2S2. The smallest absolute Gasteiger partial charge is 0.234 e. The Morgan fingerprint density at radius 3 is 2.71 bits per heavy atom. The molecular weight excluding hydrogens is 496 g/mol. The van der Waals surface area contributed by atoms with Crippen molar-refractivity contribution in [1.29, 1.82) is 0 Å². The molecule has 2 aromatic heterocycles. The number of nitrogens with zero attached hydrogens (tertiary/aromatic N) is 3.